The first-order valence-electron chi connectivity index (χ1n) is 9.02. The van der Waals surface area contributed by atoms with E-state index in [-0.39, 0.29) is 11.1 Å². The lowest BCUT2D eigenvalue weighted by molar-refractivity contribution is -0.109. The van der Waals surface area contributed by atoms with Gasteiger partial charge in [-0.15, -0.1) is 5.73 Å². The van der Waals surface area contributed by atoms with E-state index < -0.39 is 8.32 Å². The van der Waals surface area contributed by atoms with Gasteiger partial charge in [0.25, 0.3) is 8.32 Å². The summed E-state index contributed by atoms with van der Waals surface area (Å²) in [4.78, 5) is 11.3. The summed E-state index contributed by atoms with van der Waals surface area (Å²) >= 11 is 0. The highest BCUT2D eigenvalue weighted by Crippen LogP contribution is 2.38. The molecule has 2 rings (SSSR count). The average Bonchev–Trinajstić information content (AvgIpc) is 2.64. The fourth-order valence-electron chi connectivity index (χ4n) is 3.46. The molecule has 26 heavy (non-hydrogen) atoms. The highest BCUT2D eigenvalue weighted by molar-refractivity contribution is 6.99. The molecule has 0 spiro atoms. The van der Waals surface area contributed by atoms with Gasteiger partial charge in [-0.1, -0.05) is 88.0 Å². The topological polar surface area (TPSA) is 26.3 Å². The molecule has 2 aromatic rings. The Hall–Kier alpha value is -2.19. The number of aldehydes is 1. The van der Waals surface area contributed by atoms with Crippen LogP contribution in [-0.2, 0) is 9.22 Å². The number of hydrogen-bond acceptors (Lipinski definition) is 2. The lowest BCUT2D eigenvalue weighted by Crippen LogP contribution is -2.67. The molecule has 3 heteroatoms. The Kier molecular flexibility index (Phi) is 6.93. The summed E-state index contributed by atoms with van der Waals surface area (Å²) in [6.07, 6.45) is 3.61. The lowest BCUT2D eigenvalue weighted by Gasteiger charge is -2.45. The van der Waals surface area contributed by atoms with Crippen LogP contribution in [0.25, 0.3) is 0 Å². The van der Waals surface area contributed by atoms with Gasteiger partial charge >= 0.3 is 0 Å². The van der Waals surface area contributed by atoms with Crippen molar-refractivity contribution in [2.45, 2.75) is 44.8 Å². The van der Waals surface area contributed by atoms with Crippen molar-refractivity contribution in [3.8, 4) is 0 Å². The lowest BCUT2D eigenvalue weighted by atomic mass is 10.2. The molecule has 0 saturated heterocycles. The first-order chi connectivity index (χ1) is 12.5. The van der Waals surface area contributed by atoms with Gasteiger partial charge in [0.1, 0.15) is 6.29 Å². The van der Waals surface area contributed by atoms with E-state index in [1.165, 1.54) is 10.4 Å². The van der Waals surface area contributed by atoms with Gasteiger partial charge in [-0.25, -0.2) is 0 Å². The van der Waals surface area contributed by atoms with Gasteiger partial charge in [-0.05, 0) is 27.9 Å². The van der Waals surface area contributed by atoms with Crippen molar-refractivity contribution in [3.63, 3.8) is 0 Å². The Morgan fingerprint density at radius 1 is 1.00 bits per heavy atom. The largest absolute Gasteiger partial charge is 0.404 e. The first kappa shape index (κ1) is 20.1. The molecule has 0 aliphatic rings. The van der Waals surface area contributed by atoms with E-state index in [1.807, 2.05) is 18.2 Å². The monoisotopic (exact) mass is 364 g/mol. The van der Waals surface area contributed by atoms with Crippen LogP contribution in [0.15, 0.2) is 79.0 Å². The number of benzene rings is 2. The van der Waals surface area contributed by atoms with Gasteiger partial charge in [0.2, 0.25) is 0 Å². The van der Waals surface area contributed by atoms with Crippen LogP contribution in [0, 0.1) is 0 Å². The summed E-state index contributed by atoms with van der Waals surface area (Å²) in [6.45, 7) is 10.4. The van der Waals surface area contributed by atoms with Gasteiger partial charge in [0.05, 0.1) is 6.10 Å². The van der Waals surface area contributed by atoms with E-state index in [9.17, 15) is 4.79 Å². The van der Waals surface area contributed by atoms with Gasteiger partial charge in [-0.2, -0.15) is 0 Å². The van der Waals surface area contributed by atoms with Gasteiger partial charge in [0, 0.05) is 6.42 Å². The van der Waals surface area contributed by atoms with E-state index in [2.05, 4.69) is 81.6 Å². The minimum atomic E-state index is -2.63. The summed E-state index contributed by atoms with van der Waals surface area (Å²) in [7, 11) is -2.63. The van der Waals surface area contributed by atoms with Crippen LogP contribution in [-0.4, -0.2) is 20.7 Å². The number of hydrogen-bond donors (Lipinski definition) is 0. The maximum Gasteiger partial charge on any atom is 0.261 e. The summed E-state index contributed by atoms with van der Waals surface area (Å²) in [5.41, 5.74) is 2.81. The second-order valence-electron chi connectivity index (χ2n) is 7.45. The van der Waals surface area contributed by atoms with Crippen molar-refractivity contribution >= 4 is 25.0 Å². The van der Waals surface area contributed by atoms with Crippen LogP contribution in [0.3, 0.4) is 0 Å². The molecular weight excluding hydrogens is 336 g/mol. The van der Waals surface area contributed by atoms with E-state index in [0.29, 0.717) is 12.8 Å². The molecule has 2 nitrogen and oxygen atoms in total. The zero-order chi connectivity index (χ0) is 19.0. The van der Waals surface area contributed by atoms with Crippen LogP contribution in [0.4, 0.5) is 0 Å². The van der Waals surface area contributed by atoms with Gasteiger partial charge < -0.3 is 9.22 Å². The molecule has 0 radical (unpaired) electrons. The fraction of sp³-hybridized carbons (Fsp3) is 0.304. The summed E-state index contributed by atoms with van der Waals surface area (Å²) in [6, 6.07) is 20.9. The number of rotatable bonds is 8. The third kappa shape index (κ3) is 4.31. The smallest absolute Gasteiger partial charge is 0.261 e. The third-order valence-corrected chi connectivity index (χ3v) is 9.74. The maximum absolute atomic E-state index is 11.3. The quantitative estimate of drug-likeness (QED) is 0.398. The zero-order valence-corrected chi connectivity index (χ0v) is 16.9. The predicted molar refractivity (Wildman–Crippen MR) is 112 cm³/mol. The SMILES string of the molecule is C=C=CCC(CC=O)O[Si](c1ccccc1)(c1ccccc1)C(C)(C)C. The summed E-state index contributed by atoms with van der Waals surface area (Å²) in [5.74, 6) is 0. The van der Waals surface area contributed by atoms with E-state index in [0.717, 1.165) is 6.29 Å². The van der Waals surface area contributed by atoms with Crippen LogP contribution in [0.2, 0.25) is 5.04 Å². The third-order valence-electron chi connectivity index (χ3n) is 4.64. The van der Waals surface area contributed by atoms with Crippen LogP contribution < -0.4 is 10.4 Å². The fourth-order valence-corrected chi connectivity index (χ4v) is 8.16. The highest BCUT2D eigenvalue weighted by atomic mass is 28.4. The number of carbonyl (C=O) groups excluding carboxylic acids is 1. The maximum atomic E-state index is 11.3. The Morgan fingerprint density at radius 3 is 1.88 bits per heavy atom. The molecule has 0 heterocycles. The van der Waals surface area contributed by atoms with Gasteiger partial charge in [0.15, 0.2) is 0 Å². The minimum absolute atomic E-state index is 0.102. The Labute approximate surface area is 158 Å². The Morgan fingerprint density at radius 2 is 1.50 bits per heavy atom. The molecular formula is C23H28O2Si. The molecule has 0 aliphatic carbocycles. The second kappa shape index (κ2) is 8.95. The van der Waals surface area contributed by atoms with Crippen molar-refractivity contribution < 1.29 is 9.22 Å². The van der Waals surface area contributed by atoms with Crippen molar-refractivity contribution in [1.29, 1.82) is 0 Å². The molecule has 1 atom stereocenters. The van der Waals surface area contributed by atoms with Crippen molar-refractivity contribution in [1.82, 2.24) is 0 Å². The van der Waals surface area contributed by atoms with Crippen molar-refractivity contribution in [3.05, 3.63) is 79.0 Å². The van der Waals surface area contributed by atoms with Crippen LogP contribution >= 0.6 is 0 Å². The van der Waals surface area contributed by atoms with Crippen molar-refractivity contribution in [2.75, 3.05) is 0 Å². The zero-order valence-electron chi connectivity index (χ0n) is 15.9. The second-order valence-corrected chi connectivity index (χ2v) is 11.7. The molecule has 0 aliphatic heterocycles. The van der Waals surface area contributed by atoms with E-state index in [4.69, 9.17) is 4.43 Å². The molecule has 0 amide bonds. The molecule has 2 aromatic carbocycles. The highest BCUT2D eigenvalue weighted by Gasteiger charge is 2.51. The molecule has 0 bridgehead atoms. The minimum Gasteiger partial charge on any atom is -0.404 e. The molecule has 0 saturated carbocycles. The standard InChI is InChI=1S/C23H28O2Si/c1-5-6-13-20(18-19-24)25-26(23(2,3)4,21-14-9-7-10-15-21)22-16-11-8-12-17-22/h6-12,14-17,19-20H,1,13,18H2,2-4H3. The summed E-state index contributed by atoms with van der Waals surface area (Å²) in [5, 5.41) is 2.34. The summed E-state index contributed by atoms with van der Waals surface area (Å²) < 4.78 is 6.93. The number of carbonyl (C=O) groups is 1. The molecule has 0 N–H and O–H groups in total. The molecule has 0 aromatic heterocycles. The van der Waals surface area contributed by atoms with Crippen molar-refractivity contribution in [2.24, 2.45) is 0 Å². The van der Waals surface area contributed by atoms with Crippen LogP contribution in [0.5, 0.6) is 0 Å². The van der Waals surface area contributed by atoms with Crippen LogP contribution in [0.1, 0.15) is 33.6 Å². The Balaban J connectivity index is 2.66. The molecule has 0 fully saturated rings. The molecule has 1 unspecified atom stereocenters. The van der Waals surface area contributed by atoms with Gasteiger partial charge in [-0.3, -0.25) is 0 Å². The predicted octanol–water partition coefficient (Wildman–Crippen LogP) is 4.25. The Bertz CT molecular complexity index is 701. The normalized spacial score (nSPS) is 12.9. The molecule has 136 valence electrons. The average molecular weight is 365 g/mol. The first-order valence-corrected chi connectivity index (χ1v) is 10.9. The van der Waals surface area contributed by atoms with E-state index >= 15 is 0 Å². The van der Waals surface area contributed by atoms with E-state index in [1.54, 1.807) is 0 Å².